The molecule has 0 radical (unpaired) electrons. The average molecular weight is 256 g/mol. The molecule has 2 aromatic rings. The number of hydrogen-bond donors (Lipinski definition) is 2. The van der Waals surface area contributed by atoms with Gasteiger partial charge in [0, 0.05) is 31.7 Å². The zero-order valence-corrected chi connectivity index (χ0v) is 10.6. The Hall–Kier alpha value is -2.14. The fourth-order valence-electron chi connectivity index (χ4n) is 2.30. The number of piperazine rings is 1. The SMILES string of the molecule is Oc1ccc(-c2ncncc2N2CCNCC2)cc1. The molecule has 1 saturated heterocycles. The molecular formula is C14H16N4O. The van der Waals surface area contributed by atoms with Gasteiger partial charge in [-0.3, -0.25) is 0 Å². The topological polar surface area (TPSA) is 61.3 Å². The Morgan fingerprint density at radius 2 is 1.84 bits per heavy atom. The van der Waals surface area contributed by atoms with E-state index >= 15 is 0 Å². The molecule has 1 aromatic heterocycles. The molecule has 0 saturated carbocycles. The van der Waals surface area contributed by atoms with Crippen LogP contribution in [0.15, 0.2) is 36.8 Å². The Kier molecular flexibility index (Phi) is 3.29. The number of benzene rings is 1. The lowest BCUT2D eigenvalue weighted by Gasteiger charge is -2.30. The van der Waals surface area contributed by atoms with Crippen molar-refractivity contribution in [3.63, 3.8) is 0 Å². The summed E-state index contributed by atoms with van der Waals surface area (Å²) in [5.74, 6) is 0.265. The second-order valence-electron chi connectivity index (χ2n) is 4.54. The van der Waals surface area contributed by atoms with Gasteiger partial charge in [0.05, 0.1) is 17.6 Å². The highest BCUT2D eigenvalue weighted by atomic mass is 16.3. The van der Waals surface area contributed by atoms with Crippen molar-refractivity contribution in [3.8, 4) is 17.0 Å². The fourth-order valence-corrected chi connectivity index (χ4v) is 2.30. The zero-order chi connectivity index (χ0) is 13.1. The Morgan fingerprint density at radius 1 is 1.11 bits per heavy atom. The number of rotatable bonds is 2. The van der Waals surface area contributed by atoms with Gasteiger partial charge in [-0.15, -0.1) is 0 Å². The van der Waals surface area contributed by atoms with Crippen molar-refractivity contribution in [2.75, 3.05) is 31.1 Å². The van der Waals surface area contributed by atoms with Gasteiger partial charge in [0.15, 0.2) is 0 Å². The number of hydrogen-bond acceptors (Lipinski definition) is 5. The lowest BCUT2D eigenvalue weighted by atomic mass is 10.1. The molecule has 1 aliphatic rings. The van der Waals surface area contributed by atoms with Gasteiger partial charge in [-0.2, -0.15) is 0 Å². The summed E-state index contributed by atoms with van der Waals surface area (Å²) in [6.45, 7) is 3.87. The number of aromatic nitrogens is 2. The van der Waals surface area contributed by atoms with Gasteiger partial charge >= 0.3 is 0 Å². The van der Waals surface area contributed by atoms with Crippen molar-refractivity contribution < 1.29 is 5.11 Å². The summed E-state index contributed by atoms with van der Waals surface area (Å²) in [4.78, 5) is 10.8. The maximum atomic E-state index is 9.37. The first kappa shape index (κ1) is 11.9. The maximum absolute atomic E-state index is 9.37. The maximum Gasteiger partial charge on any atom is 0.116 e. The minimum absolute atomic E-state index is 0.265. The van der Waals surface area contributed by atoms with Gasteiger partial charge in [-0.05, 0) is 24.3 Å². The molecule has 0 bridgehead atoms. The van der Waals surface area contributed by atoms with Crippen LogP contribution in [0.1, 0.15) is 0 Å². The second-order valence-corrected chi connectivity index (χ2v) is 4.54. The van der Waals surface area contributed by atoms with Gasteiger partial charge < -0.3 is 15.3 Å². The van der Waals surface area contributed by atoms with E-state index in [1.807, 2.05) is 18.3 Å². The molecular weight excluding hydrogens is 240 g/mol. The van der Waals surface area contributed by atoms with Gasteiger partial charge in [-0.25, -0.2) is 9.97 Å². The molecule has 1 fully saturated rings. The van der Waals surface area contributed by atoms with E-state index in [2.05, 4.69) is 20.2 Å². The number of aromatic hydroxyl groups is 1. The predicted octanol–water partition coefficient (Wildman–Crippen LogP) is 1.26. The zero-order valence-electron chi connectivity index (χ0n) is 10.6. The monoisotopic (exact) mass is 256 g/mol. The standard InChI is InChI=1S/C14H16N4O/c19-12-3-1-11(2-4-12)14-13(9-16-10-17-14)18-7-5-15-6-8-18/h1-4,9-10,15,19H,5-8H2. The first-order valence-corrected chi connectivity index (χ1v) is 6.40. The van der Waals surface area contributed by atoms with E-state index in [0.29, 0.717) is 0 Å². The summed E-state index contributed by atoms with van der Waals surface area (Å²) in [5.41, 5.74) is 2.96. The Bertz CT molecular complexity index is 550. The molecule has 19 heavy (non-hydrogen) atoms. The van der Waals surface area contributed by atoms with E-state index in [4.69, 9.17) is 0 Å². The van der Waals surface area contributed by atoms with Crippen molar-refractivity contribution in [3.05, 3.63) is 36.8 Å². The number of phenols is 1. The van der Waals surface area contributed by atoms with Crippen molar-refractivity contribution in [1.82, 2.24) is 15.3 Å². The van der Waals surface area contributed by atoms with E-state index < -0.39 is 0 Å². The van der Waals surface area contributed by atoms with E-state index in [9.17, 15) is 5.11 Å². The molecule has 0 spiro atoms. The van der Waals surface area contributed by atoms with Gasteiger partial charge in [0.1, 0.15) is 12.1 Å². The van der Waals surface area contributed by atoms with Crippen LogP contribution in [0, 0.1) is 0 Å². The van der Waals surface area contributed by atoms with Crippen LogP contribution < -0.4 is 10.2 Å². The number of nitrogens with one attached hydrogen (secondary N) is 1. The first-order chi connectivity index (χ1) is 9.34. The molecule has 1 aromatic carbocycles. The first-order valence-electron chi connectivity index (χ1n) is 6.40. The van der Waals surface area contributed by atoms with Crippen LogP contribution in [0.4, 0.5) is 5.69 Å². The summed E-state index contributed by atoms with van der Waals surface area (Å²) in [6.07, 6.45) is 3.42. The van der Waals surface area contributed by atoms with E-state index in [1.54, 1.807) is 18.5 Å². The third-order valence-corrected chi connectivity index (χ3v) is 3.29. The largest absolute Gasteiger partial charge is 0.508 e. The third-order valence-electron chi connectivity index (χ3n) is 3.29. The van der Waals surface area contributed by atoms with Crippen LogP contribution >= 0.6 is 0 Å². The number of nitrogens with zero attached hydrogens (tertiary/aromatic N) is 3. The molecule has 3 rings (SSSR count). The summed E-state index contributed by atoms with van der Waals surface area (Å²) in [7, 11) is 0. The van der Waals surface area contributed by atoms with Crippen LogP contribution in [-0.4, -0.2) is 41.3 Å². The molecule has 0 atom stereocenters. The summed E-state index contributed by atoms with van der Waals surface area (Å²) in [5, 5.41) is 12.7. The third kappa shape index (κ3) is 2.51. The summed E-state index contributed by atoms with van der Waals surface area (Å²) in [6, 6.07) is 7.12. The van der Waals surface area contributed by atoms with Crippen LogP contribution in [0.3, 0.4) is 0 Å². The smallest absolute Gasteiger partial charge is 0.116 e. The molecule has 1 aliphatic heterocycles. The van der Waals surface area contributed by atoms with Crippen molar-refractivity contribution >= 4 is 5.69 Å². The lowest BCUT2D eigenvalue weighted by Crippen LogP contribution is -2.43. The quantitative estimate of drug-likeness (QED) is 0.847. The van der Waals surface area contributed by atoms with Crippen molar-refractivity contribution in [2.45, 2.75) is 0 Å². The minimum atomic E-state index is 0.265. The molecule has 0 amide bonds. The van der Waals surface area contributed by atoms with Crippen LogP contribution in [0.5, 0.6) is 5.75 Å². The number of anilines is 1. The molecule has 5 heteroatoms. The van der Waals surface area contributed by atoms with Gasteiger partial charge in [0.2, 0.25) is 0 Å². The van der Waals surface area contributed by atoms with Gasteiger partial charge in [-0.1, -0.05) is 0 Å². The van der Waals surface area contributed by atoms with Crippen LogP contribution in [0.25, 0.3) is 11.3 Å². The normalized spacial score (nSPS) is 15.5. The predicted molar refractivity (Wildman–Crippen MR) is 74.2 cm³/mol. The Morgan fingerprint density at radius 3 is 2.58 bits per heavy atom. The lowest BCUT2D eigenvalue weighted by molar-refractivity contribution is 0.475. The number of phenolic OH excluding ortho intramolecular Hbond substituents is 1. The Balaban J connectivity index is 1.98. The average Bonchev–Trinajstić information content (AvgIpc) is 2.49. The molecule has 0 unspecified atom stereocenters. The van der Waals surface area contributed by atoms with Gasteiger partial charge in [0.25, 0.3) is 0 Å². The summed E-state index contributed by atoms with van der Waals surface area (Å²) < 4.78 is 0. The Labute approximate surface area is 111 Å². The van der Waals surface area contributed by atoms with E-state index in [0.717, 1.165) is 43.1 Å². The van der Waals surface area contributed by atoms with E-state index in [1.165, 1.54) is 0 Å². The highest BCUT2D eigenvalue weighted by Gasteiger charge is 2.16. The molecule has 2 N–H and O–H groups in total. The molecule has 5 nitrogen and oxygen atoms in total. The van der Waals surface area contributed by atoms with Crippen LogP contribution in [0.2, 0.25) is 0 Å². The summed E-state index contributed by atoms with van der Waals surface area (Å²) >= 11 is 0. The molecule has 98 valence electrons. The highest BCUT2D eigenvalue weighted by molar-refractivity contribution is 5.74. The second kappa shape index (κ2) is 5.24. The molecule has 0 aliphatic carbocycles. The highest BCUT2D eigenvalue weighted by Crippen LogP contribution is 2.29. The fraction of sp³-hybridized carbons (Fsp3) is 0.286. The minimum Gasteiger partial charge on any atom is -0.508 e. The molecule has 2 heterocycles. The van der Waals surface area contributed by atoms with Crippen molar-refractivity contribution in [2.24, 2.45) is 0 Å². The van der Waals surface area contributed by atoms with Crippen LogP contribution in [-0.2, 0) is 0 Å². The van der Waals surface area contributed by atoms with Crippen molar-refractivity contribution in [1.29, 1.82) is 0 Å². The van der Waals surface area contributed by atoms with E-state index in [-0.39, 0.29) is 5.75 Å².